The third kappa shape index (κ3) is 3.19. The van der Waals surface area contributed by atoms with Gasteiger partial charge in [0.15, 0.2) is 0 Å². The minimum Gasteiger partial charge on any atom is -0.478 e. The molecule has 0 bridgehead atoms. The Labute approximate surface area is 99.7 Å². The zero-order valence-electron chi connectivity index (χ0n) is 9.74. The molecule has 1 aliphatic carbocycles. The van der Waals surface area contributed by atoms with E-state index in [9.17, 15) is 9.18 Å². The van der Waals surface area contributed by atoms with Crippen LogP contribution in [0.15, 0.2) is 18.2 Å². The summed E-state index contributed by atoms with van der Waals surface area (Å²) < 4.78 is 13.5. The molecule has 0 radical (unpaired) electrons. The van der Waals surface area contributed by atoms with E-state index < -0.39 is 11.8 Å². The topological polar surface area (TPSA) is 49.3 Å². The van der Waals surface area contributed by atoms with Crippen molar-refractivity contribution < 1.29 is 14.3 Å². The van der Waals surface area contributed by atoms with Crippen molar-refractivity contribution in [2.24, 2.45) is 5.92 Å². The summed E-state index contributed by atoms with van der Waals surface area (Å²) >= 11 is 0. The Balaban J connectivity index is 2.07. The predicted octanol–water partition coefficient (Wildman–Crippen LogP) is 3.12. The quantitative estimate of drug-likeness (QED) is 0.827. The van der Waals surface area contributed by atoms with Crippen LogP contribution in [0, 0.1) is 11.7 Å². The monoisotopic (exact) mass is 237 g/mol. The number of benzene rings is 1. The first kappa shape index (κ1) is 11.9. The van der Waals surface area contributed by atoms with Gasteiger partial charge in [-0.25, -0.2) is 9.18 Å². The van der Waals surface area contributed by atoms with Gasteiger partial charge in [0.25, 0.3) is 0 Å². The number of hydrogen-bond donors (Lipinski definition) is 2. The van der Waals surface area contributed by atoms with Crippen molar-refractivity contribution in [1.82, 2.24) is 0 Å². The second kappa shape index (κ2) is 4.73. The number of halogens is 1. The van der Waals surface area contributed by atoms with E-state index in [1.807, 2.05) is 6.92 Å². The van der Waals surface area contributed by atoms with Crippen LogP contribution in [0.1, 0.15) is 36.5 Å². The Morgan fingerprint density at radius 3 is 2.88 bits per heavy atom. The molecule has 3 nitrogen and oxygen atoms in total. The highest BCUT2D eigenvalue weighted by Crippen LogP contribution is 2.34. The first-order chi connectivity index (χ1) is 8.06. The first-order valence-electron chi connectivity index (χ1n) is 5.85. The lowest BCUT2D eigenvalue weighted by Gasteiger charge is -2.15. The minimum absolute atomic E-state index is 0.104. The maximum Gasteiger partial charge on any atom is 0.335 e. The normalized spacial score (nSPS) is 16.6. The van der Waals surface area contributed by atoms with Crippen molar-refractivity contribution in [2.45, 2.75) is 32.2 Å². The van der Waals surface area contributed by atoms with Gasteiger partial charge >= 0.3 is 5.97 Å². The molecule has 1 aromatic rings. The van der Waals surface area contributed by atoms with Crippen LogP contribution in [-0.4, -0.2) is 17.1 Å². The lowest BCUT2D eigenvalue weighted by molar-refractivity contribution is 0.0697. The molecule has 0 amide bonds. The first-order valence-corrected chi connectivity index (χ1v) is 5.85. The second-order valence-corrected chi connectivity index (χ2v) is 4.72. The molecule has 1 atom stereocenters. The molecule has 1 aromatic carbocycles. The van der Waals surface area contributed by atoms with Crippen molar-refractivity contribution in [1.29, 1.82) is 0 Å². The van der Waals surface area contributed by atoms with E-state index in [2.05, 4.69) is 5.32 Å². The molecule has 0 spiro atoms. The summed E-state index contributed by atoms with van der Waals surface area (Å²) in [6.07, 6.45) is 3.52. The molecule has 2 rings (SSSR count). The third-order valence-corrected chi connectivity index (χ3v) is 3.00. The highest BCUT2D eigenvalue weighted by atomic mass is 19.1. The highest BCUT2D eigenvalue weighted by molar-refractivity contribution is 5.88. The maximum absolute atomic E-state index is 13.5. The standard InChI is InChI=1S/C13H16FNO2/c1-8(6-9-2-3-9)15-12-7-10(13(16)17)4-5-11(12)14/h4-5,7-9,15H,2-3,6H2,1H3,(H,16,17). The fourth-order valence-electron chi connectivity index (χ4n) is 1.95. The molecule has 17 heavy (non-hydrogen) atoms. The molecule has 2 N–H and O–H groups in total. The van der Waals surface area contributed by atoms with E-state index in [1.165, 1.54) is 31.0 Å². The van der Waals surface area contributed by atoms with Crippen LogP contribution in [0.5, 0.6) is 0 Å². The molecule has 0 aliphatic heterocycles. The Morgan fingerprint density at radius 1 is 1.59 bits per heavy atom. The number of nitrogens with one attached hydrogen (secondary N) is 1. The Bertz CT molecular complexity index is 429. The summed E-state index contributed by atoms with van der Waals surface area (Å²) in [5.41, 5.74) is 0.380. The van der Waals surface area contributed by atoms with Gasteiger partial charge in [-0.3, -0.25) is 0 Å². The minimum atomic E-state index is -1.04. The van der Waals surface area contributed by atoms with Crippen LogP contribution in [0.4, 0.5) is 10.1 Å². The van der Waals surface area contributed by atoms with E-state index >= 15 is 0 Å². The van der Waals surface area contributed by atoms with Crippen LogP contribution in [0.3, 0.4) is 0 Å². The summed E-state index contributed by atoms with van der Waals surface area (Å²) in [7, 11) is 0. The van der Waals surface area contributed by atoms with Gasteiger partial charge in [-0.15, -0.1) is 0 Å². The van der Waals surface area contributed by atoms with Crippen molar-refractivity contribution in [3.63, 3.8) is 0 Å². The average molecular weight is 237 g/mol. The Hall–Kier alpha value is -1.58. The molecule has 0 heterocycles. The largest absolute Gasteiger partial charge is 0.478 e. The molecule has 0 aromatic heterocycles. The van der Waals surface area contributed by atoms with Gasteiger partial charge in [0.2, 0.25) is 0 Å². The van der Waals surface area contributed by atoms with Crippen LogP contribution in [0.25, 0.3) is 0 Å². The van der Waals surface area contributed by atoms with Crippen molar-refractivity contribution >= 4 is 11.7 Å². The van der Waals surface area contributed by atoms with Crippen molar-refractivity contribution in [3.8, 4) is 0 Å². The van der Waals surface area contributed by atoms with Crippen LogP contribution in [-0.2, 0) is 0 Å². The molecule has 1 fully saturated rings. The zero-order valence-corrected chi connectivity index (χ0v) is 9.74. The van der Waals surface area contributed by atoms with Gasteiger partial charge in [0, 0.05) is 6.04 Å². The number of anilines is 1. The van der Waals surface area contributed by atoms with E-state index in [1.54, 1.807) is 0 Å². The molecule has 92 valence electrons. The van der Waals surface area contributed by atoms with Gasteiger partial charge in [-0.05, 0) is 37.5 Å². The number of hydrogen-bond acceptors (Lipinski definition) is 2. The second-order valence-electron chi connectivity index (χ2n) is 4.72. The molecule has 0 saturated heterocycles. The van der Waals surface area contributed by atoms with Crippen molar-refractivity contribution in [2.75, 3.05) is 5.32 Å². The van der Waals surface area contributed by atoms with Gasteiger partial charge < -0.3 is 10.4 Å². The number of carbonyl (C=O) groups is 1. The fraction of sp³-hybridized carbons (Fsp3) is 0.462. The van der Waals surface area contributed by atoms with Crippen LogP contribution in [0.2, 0.25) is 0 Å². The highest BCUT2D eigenvalue weighted by Gasteiger charge is 2.23. The lowest BCUT2D eigenvalue weighted by atomic mass is 10.1. The lowest BCUT2D eigenvalue weighted by Crippen LogP contribution is -2.17. The number of carboxylic acid groups (broad SMARTS) is 1. The number of rotatable bonds is 5. The molecule has 4 heteroatoms. The van der Waals surface area contributed by atoms with E-state index in [0.29, 0.717) is 0 Å². The Kier molecular flexibility index (Phi) is 3.31. The van der Waals surface area contributed by atoms with E-state index in [4.69, 9.17) is 5.11 Å². The number of carboxylic acids is 1. The molecule has 1 aliphatic rings. The van der Waals surface area contributed by atoms with Gasteiger partial charge in [0.05, 0.1) is 11.3 Å². The maximum atomic E-state index is 13.5. The average Bonchev–Trinajstić information content (AvgIpc) is 3.04. The smallest absolute Gasteiger partial charge is 0.335 e. The van der Waals surface area contributed by atoms with E-state index in [0.717, 1.165) is 12.3 Å². The third-order valence-electron chi connectivity index (χ3n) is 3.00. The molecule has 1 saturated carbocycles. The molecular formula is C13H16FNO2. The zero-order chi connectivity index (χ0) is 12.4. The van der Waals surface area contributed by atoms with Gasteiger partial charge in [-0.2, -0.15) is 0 Å². The predicted molar refractivity (Wildman–Crippen MR) is 63.8 cm³/mol. The summed E-state index contributed by atoms with van der Waals surface area (Å²) in [6, 6.07) is 3.98. The molecule has 1 unspecified atom stereocenters. The number of aromatic carboxylic acids is 1. The van der Waals surface area contributed by atoms with Crippen molar-refractivity contribution in [3.05, 3.63) is 29.6 Å². The molecular weight excluding hydrogens is 221 g/mol. The van der Waals surface area contributed by atoms with E-state index in [-0.39, 0.29) is 17.3 Å². The SMILES string of the molecule is CC(CC1CC1)Nc1cc(C(=O)O)ccc1F. The van der Waals surface area contributed by atoms with Crippen LogP contribution < -0.4 is 5.32 Å². The van der Waals surface area contributed by atoms with Gasteiger partial charge in [0.1, 0.15) is 5.82 Å². The summed E-state index contributed by atoms with van der Waals surface area (Å²) in [5, 5.41) is 11.9. The summed E-state index contributed by atoms with van der Waals surface area (Å²) in [4.78, 5) is 10.8. The Morgan fingerprint density at radius 2 is 2.29 bits per heavy atom. The summed E-state index contributed by atoms with van der Waals surface area (Å²) in [5.74, 6) is -0.691. The summed E-state index contributed by atoms with van der Waals surface area (Å²) in [6.45, 7) is 1.99. The van der Waals surface area contributed by atoms with Crippen LogP contribution >= 0.6 is 0 Å². The fourth-order valence-corrected chi connectivity index (χ4v) is 1.95. The van der Waals surface area contributed by atoms with Gasteiger partial charge in [-0.1, -0.05) is 12.8 Å².